The molecule has 0 radical (unpaired) electrons. The second-order valence-electron chi connectivity index (χ2n) is 21.6. The standard InChI is InChI=1S/C55H89N2S2.3CH3.Sn/c1-6-10-14-18-22-24-28-32-35-46(34-30-26-20-16-12-8-3)43-56-50-38-39-58-54(50)48-41-52-49(42-51(48)56)55-53(40-45(5)59-55)57(52)44-47(36-31-27-21-17-13-9-4)37-33-29-25-23-19-15-11-7-2;;;;/h38,40-42,46-47H,6-37,43-44H2,1-5H3;3*1H3;. The van der Waals surface area contributed by atoms with Gasteiger partial charge in [0.2, 0.25) is 0 Å². The number of benzene rings is 1. The molecular weight excluding hydrogens is 907 g/mol. The van der Waals surface area contributed by atoms with Crippen molar-refractivity contribution in [1.29, 1.82) is 0 Å². The van der Waals surface area contributed by atoms with Crippen LogP contribution in [0, 0.1) is 18.8 Å². The molecule has 2 unspecified atom stereocenters. The molecule has 4 heterocycles. The quantitative estimate of drug-likeness (QED) is 0.0277. The van der Waals surface area contributed by atoms with Gasteiger partial charge in [-0.2, -0.15) is 0 Å². The van der Waals surface area contributed by atoms with Crippen molar-refractivity contribution in [3.63, 3.8) is 0 Å². The van der Waals surface area contributed by atoms with Gasteiger partial charge in [-0.05, 0) is 0 Å². The topological polar surface area (TPSA) is 9.86 Å². The molecular formula is C58H98N2S2Sn. The van der Waals surface area contributed by atoms with Crippen LogP contribution in [0.15, 0.2) is 24.3 Å². The zero-order valence-corrected chi connectivity index (χ0v) is 47.2. The third kappa shape index (κ3) is 16.6. The molecule has 2 nitrogen and oxygen atoms in total. The number of unbranched alkanes of at least 4 members (excludes halogenated alkanes) is 24. The Balaban J connectivity index is 1.46. The maximum absolute atomic E-state index is 2.88. The summed E-state index contributed by atoms with van der Waals surface area (Å²) in [6.07, 6.45) is 45.0. The zero-order chi connectivity index (χ0) is 44.9. The van der Waals surface area contributed by atoms with Crippen LogP contribution in [0.25, 0.3) is 42.2 Å². The summed E-state index contributed by atoms with van der Waals surface area (Å²) in [5.41, 5.74) is 6.12. The molecule has 0 aliphatic heterocycles. The predicted molar refractivity (Wildman–Crippen MR) is 293 cm³/mol. The summed E-state index contributed by atoms with van der Waals surface area (Å²) < 4.78 is 10.6. The molecule has 4 aromatic heterocycles. The first kappa shape index (κ1) is 53.0. The summed E-state index contributed by atoms with van der Waals surface area (Å²) in [7, 11) is 0. The Morgan fingerprint density at radius 1 is 0.397 bits per heavy atom. The molecule has 1 aromatic carbocycles. The van der Waals surface area contributed by atoms with E-state index in [1.54, 1.807) is 23.2 Å². The summed E-state index contributed by atoms with van der Waals surface area (Å²) in [5, 5.41) is 3.08. The Bertz CT molecular complexity index is 1980. The van der Waals surface area contributed by atoms with Crippen molar-refractivity contribution >= 4 is 86.2 Å². The molecule has 5 rings (SSSR count). The van der Waals surface area contributed by atoms with Gasteiger partial charge in [-0.25, -0.2) is 0 Å². The van der Waals surface area contributed by atoms with E-state index in [0.29, 0.717) is 0 Å². The van der Waals surface area contributed by atoms with Crippen molar-refractivity contribution in [2.75, 3.05) is 0 Å². The van der Waals surface area contributed by atoms with Gasteiger partial charge in [0, 0.05) is 0 Å². The SMILES string of the molecule is CCCCCCCCCCC(CCCCCCCC)Cn1c2cc3c4s[c]([Sn]([CH3])([CH3])[CH3])cc4n(CC(CCCCCCCC)CCCCCCCCCC)c3cc2c2sc(C)cc21. The van der Waals surface area contributed by atoms with Crippen LogP contribution in [0.5, 0.6) is 0 Å². The summed E-state index contributed by atoms with van der Waals surface area (Å²) in [6, 6.07) is 10.7. The number of aryl methyl sites for hydroxylation is 1. The van der Waals surface area contributed by atoms with Crippen molar-refractivity contribution in [3.05, 3.63) is 29.1 Å². The van der Waals surface area contributed by atoms with E-state index in [9.17, 15) is 0 Å². The second kappa shape index (κ2) is 29.0. The number of hydrogen-bond acceptors (Lipinski definition) is 2. The zero-order valence-electron chi connectivity index (χ0n) is 42.7. The number of hydrogen-bond donors (Lipinski definition) is 0. The minimum absolute atomic E-state index is 0.762. The van der Waals surface area contributed by atoms with Crippen molar-refractivity contribution in [1.82, 2.24) is 9.13 Å². The van der Waals surface area contributed by atoms with Gasteiger partial charge in [0.05, 0.1) is 0 Å². The van der Waals surface area contributed by atoms with Crippen molar-refractivity contribution in [2.45, 2.75) is 268 Å². The predicted octanol–water partition coefficient (Wildman–Crippen LogP) is 20.7. The number of nitrogens with zero attached hydrogens (tertiary/aromatic N) is 2. The number of fused-ring (bicyclic) bond motifs is 6. The van der Waals surface area contributed by atoms with Gasteiger partial charge in [-0.3, -0.25) is 0 Å². The number of rotatable bonds is 37. The molecule has 2 atom stereocenters. The third-order valence-corrected chi connectivity index (χ3v) is 26.5. The van der Waals surface area contributed by atoms with E-state index in [0.717, 1.165) is 11.8 Å². The van der Waals surface area contributed by atoms with Gasteiger partial charge in [-0.15, -0.1) is 0 Å². The van der Waals surface area contributed by atoms with Crippen molar-refractivity contribution in [3.8, 4) is 0 Å². The fourth-order valence-corrected chi connectivity index (χ4v) is 18.2. The molecule has 0 amide bonds. The molecule has 0 bridgehead atoms. The number of aromatic nitrogens is 2. The number of thiophene rings is 2. The van der Waals surface area contributed by atoms with Gasteiger partial charge < -0.3 is 0 Å². The average Bonchev–Trinajstić information content (AvgIpc) is 4.01. The molecule has 5 heteroatoms. The van der Waals surface area contributed by atoms with Gasteiger partial charge in [0.15, 0.2) is 0 Å². The van der Waals surface area contributed by atoms with E-state index >= 15 is 0 Å². The first-order chi connectivity index (χ1) is 30.7. The maximum atomic E-state index is 2.88. The molecule has 0 saturated heterocycles. The molecule has 0 aliphatic rings. The van der Waals surface area contributed by atoms with E-state index in [1.165, 1.54) is 245 Å². The van der Waals surface area contributed by atoms with E-state index in [1.807, 2.05) is 0 Å². The minimum atomic E-state index is -2.30. The van der Waals surface area contributed by atoms with Crippen LogP contribution in [0.3, 0.4) is 0 Å². The Hall–Kier alpha value is -0.981. The molecule has 5 aromatic rings. The molecule has 0 fully saturated rings. The van der Waals surface area contributed by atoms with Crippen LogP contribution in [0.1, 0.15) is 238 Å². The van der Waals surface area contributed by atoms with Crippen molar-refractivity contribution in [2.24, 2.45) is 11.8 Å². The van der Waals surface area contributed by atoms with E-state index in [2.05, 4.69) is 106 Å². The summed E-state index contributed by atoms with van der Waals surface area (Å²) in [4.78, 5) is 9.36. The summed E-state index contributed by atoms with van der Waals surface area (Å²) in [6.45, 7) is 14.1. The first-order valence-electron chi connectivity index (χ1n) is 27.7. The molecule has 0 spiro atoms. The van der Waals surface area contributed by atoms with Crippen LogP contribution >= 0.6 is 22.7 Å². The summed E-state index contributed by atoms with van der Waals surface area (Å²) >= 11 is 1.95. The van der Waals surface area contributed by atoms with Gasteiger partial charge in [0.25, 0.3) is 0 Å². The Labute approximate surface area is 401 Å². The second-order valence-corrected chi connectivity index (χ2v) is 39.3. The van der Waals surface area contributed by atoms with Crippen molar-refractivity contribution < 1.29 is 0 Å². The molecule has 356 valence electrons. The third-order valence-electron chi connectivity index (χ3n) is 14.8. The fraction of sp³-hybridized carbons (Fsp3) is 0.759. The molecule has 0 N–H and O–H groups in total. The van der Waals surface area contributed by atoms with Crippen LogP contribution < -0.4 is 2.89 Å². The van der Waals surface area contributed by atoms with Crippen LogP contribution in [-0.2, 0) is 13.1 Å². The van der Waals surface area contributed by atoms with Crippen LogP contribution in [-0.4, -0.2) is 27.5 Å². The normalized spacial score (nSPS) is 13.5. The Kier molecular flexibility index (Phi) is 24.4. The Morgan fingerprint density at radius 2 is 0.714 bits per heavy atom. The van der Waals surface area contributed by atoms with Gasteiger partial charge >= 0.3 is 287 Å². The van der Waals surface area contributed by atoms with E-state index in [4.69, 9.17) is 0 Å². The monoisotopic (exact) mass is 1010 g/mol. The first-order valence-corrected chi connectivity index (χ1v) is 39.3. The van der Waals surface area contributed by atoms with E-state index < -0.39 is 18.4 Å². The summed E-state index contributed by atoms with van der Waals surface area (Å²) in [5.74, 6) is 1.53. The Morgan fingerprint density at radius 3 is 1.06 bits per heavy atom. The van der Waals surface area contributed by atoms with Gasteiger partial charge in [-0.1, -0.05) is 118 Å². The molecule has 0 aliphatic carbocycles. The van der Waals surface area contributed by atoms with E-state index in [-0.39, 0.29) is 0 Å². The fourth-order valence-electron chi connectivity index (χ4n) is 10.8. The van der Waals surface area contributed by atoms with Crippen LogP contribution in [0.2, 0.25) is 14.8 Å². The molecule has 63 heavy (non-hydrogen) atoms. The average molecular weight is 1010 g/mol. The van der Waals surface area contributed by atoms with Crippen LogP contribution in [0.4, 0.5) is 0 Å². The van der Waals surface area contributed by atoms with Gasteiger partial charge in [0.1, 0.15) is 0 Å². The molecule has 0 saturated carbocycles.